The molecule has 1 aromatic rings. The fourth-order valence-electron chi connectivity index (χ4n) is 2.16. The van der Waals surface area contributed by atoms with Crippen LogP contribution in [0.1, 0.15) is 31.1 Å². The Labute approximate surface area is 134 Å². The van der Waals surface area contributed by atoms with E-state index in [1.54, 1.807) is 45.0 Å². The third kappa shape index (κ3) is 4.21. The van der Waals surface area contributed by atoms with Gasteiger partial charge in [0.15, 0.2) is 0 Å². The van der Waals surface area contributed by atoms with E-state index in [1.807, 2.05) is 0 Å². The van der Waals surface area contributed by atoms with E-state index in [9.17, 15) is 14.4 Å². The van der Waals surface area contributed by atoms with Crippen LogP contribution < -0.4 is 11.1 Å². The Balaban J connectivity index is 1.90. The number of amides is 3. The predicted octanol–water partition coefficient (Wildman–Crippen LogP) is 1.59. The van der Waals surface area contributed by atoms with Gasteiger partial charge < -0.3 is 20.7 Å². The van der Waals surface area contributed by atoms with E-state index in [2.05, 4.69) is 5.32 Å². The molecule has 0 radical (unpaired) electrons. The molecule has 1 aromatic carbocycles. The summed E-state index contributed by atoms with van der Waals surface area (Å²) in [5.74, 6) is -1.19. The number of rotatable bonds is 3. The Kier molecular flexibility index (Phi) is 4.58. The smallest absolute Gasteiger partial charge is 0.410 e. The van der Waals surface area contributed by atoms with Crippen molar-refractivity contribution in [1.29, 1.82) is 0 Å². The number of ether oxygens (including phenoxy) is 1. The molecule has 0 atom stereocenters. The SMILES string of the molecule is CC(C)(C)OC(=O)N1CC(C(=O)Nc2ccccc2C(N)=O)C1. The molecule has 0 spiro atoms. The summed E-state index contributed by atoms with van der Waals surface area (Å²) in [6.07, 6.45) is -0.431. The van der Waals surface area contributed by atoms with Crippen molar-refractivity contribution < 1.29 is 19.1 Å². The summed E-state index contributed by atoms with van der Waals surface area (Å²) >= 11 is 0. The number of hydrogen-bond acceptors (Lipinski definition) is 4. The molecule has 3 amide bonds. The van der Waals surface area contributed by atoms with E-state index in [0.717, 1.165) is 0 Å². The first kappa shape index (κ1) is 16.8. The van der Waals surface area contributed by atoms with Gasteiger partial charge in [-0.1, -0.05) is 12.1 Å². The minimum atomic E-state index is -0.607. The van der Waals surface area contributed by atoms with Gasteiger partial charge in [0.05, 0.1) is 17.2 Å². The minimum absolute atomic E-state index is 0.251. The topological polar surface area (TPSA) is 102 Å². The Morgan fingerprint density at radius 3 is 2.39 bits per heavy atom. The van der Waals surface area contributed by atoms with Crippen LogP contribution in [-0.2, 0) is 9.53 Å². The van der Waals surface area contributed by atoms with Gasteiger partial charge in [0.25, 0.3) is 5.91 Å². The molecule has 0 aromatic heterocycles. The lowest BCUT2D eigenvalue weighted by Gasteiger charge is -2.38. The highest BCUT2D eigenvalue weighted by atomic mass is 16.6. The second-order valence-corrected chi connectivity index (χ2v) is 6.48. The molecule has 1 aliphatic rings. The monoisotopic (exact) mass is 319 g/mol. The molecule has 124 valence electrons. The Bertz CT molecular complexity index is 630. The van der Waals surface area contributed by atoms with Gasteiger partial charge in [0.1, 0.15) is 5.60 Å². The van der Waals surface area contributed by atoms with E-state index in [0.29, 0.717) is 18.8 Å². The molecule has 1 saturated heterocycles. The van der Waals surface area contributed by atoms with Crippen LogP contribution in [0.4, 0.5) is 10.5 Å². The minimum Gasteiger partial charge on any atom is -0.444 e. The summed E-state index contributed by atoms with van der Waals surface area (Å²) < 4.78 is 5.23. The number of para-hydroxylation sites is 1. The third-order valence-corrected chi connectivity index (χ3v) is 3.35. The summed E-state index contributed by atoms with van der Waals surface area (Å²) in [5.41, 5.74) is 5.34. The number of nitrogens with two attached hydrogens (primary N) is 1. The highest BCUT2D eigenvalue weighted by molar-refractivity contribution is 6.03. The lowest BCUT2D eigenvalue weighted by Crippen LogP contribution is -2.55. The molecular weight excluding hydrogens is 298 g/mol. The van der Waals surface area contributed by atoms with Gasteiger partial charge in [-0.15, -0.1) is 0 Å². The second-order valence-electron chi connectivity index (χ2n) is 6.48. The zero-order chi connectivity index (χ0) is 17.2. The standard InChI is InChI=1S/C16H21N3O4/c1-16(2,3)23-15(22)19-8-10(9-19)14(21)18-12-7-5-4-6-11(12)13(17)20/h4-7,10H,8-9H2,1-3H3,(H2,17,20)(H,18,21). The lowest BCUT2D eigenvalue weighted by atomic mass is 9.99. The normalized spacial score (nSPS) is 14.8. The number of nitrogens with zero attached hydrogens (tertiary/aromatic N) is 1. The summed E-state index contributed by atoms with van der Waals surface area (Å²) in [6.45, 7) is 5.94. The zero-order valence-electron chi connectivity index (χ0n) is 13.5. The highest BCUT2D eigenvalue weighted by Gasteiger charge is 2.38. The average Bonchev–Trinajstić information content (AvgIpc) is 2.34. The molecule has 7 heteroatoms. The first-order valence-electron chi connectivity index (χ1n) is 7.35. The van der Waals surface area contributed by atoms with Crippen molar-refractivity contribution in [2.45, 2.75) is 26.4 Å². The highest BCUT2D eigenvalue weighted by Crippen LogP contribution is 2.22. The van der Waals surface area contributed by atoms with Crippen LogP contribution in [0.5, 0.6) is 0 Å². The molecule has 1 heterocycles. The molecule has 1 aliphatic heterocycles. The number of carbonyl (C=O) groups excluding carboxylic acids is 3. The number of primary amides is 1. The van der Waals surface area contributed by atoms with E-state index < -0.39 is 17.6 Å². The van der Waals surface area contributed by atoms with Crippen LogP contribution in [0.3, 0.4) is 0 Å². The zero-order valence-corrected chi connectivity index (χ0v) is 13.5. The van der Waals surface area contributed by atoms with Crippen LogP contribution in [0, 0.1) is 5.92 Å². The number of carbonyl (C=O) groups is 3. The quantitative estimate of drug-likeness (QED) is 0.883. The maximum absolute atomic E-state index is 12.2. The van der Waals surface area contributed by atoms with Crippen molar-refractivity contribution in [1.82, 2.24) is 4.90 Å². The summed E-state index contributed by atoms with van der Waals surface area (Å²) in [7, 11) is 0. The first-order chi connectivity index (χ1) is 10.7. The molecule has 0 saturated carbocycles. The van der Waals surface area contributed by atoms with Gasteiger partial charge >= 0.3 is 6.09 Å². The third-order valence-electron chi connectivity index (χ3n) is 3.35. The maximum Gasteiger partial charge on any atom is 0.410 e. The van der Waals surface area contributed by atoms with Gasteiger partial charge in [0, 0.05) is 13.1 Å². The Morgan fingerprint density at radius 2 is 1.83 bits per heavy atom. The van der Waals surface area contributed by atoms with E-state index in [4.69, 9.17) is 10.5 Å². The van der Waals surface area contributed by atoms with Crippen molar-refractivity contribution >= 4 is 23.6 Å². The second kappa shape index (κ2) is 6.28. The van der Waals surface area contributed by atoms with Crippen molar-refractivity contribution in [3.05, 3.63) is 29.8 Å². The van der Waals surface area contributed by atoms with Crippen LogP contribution in [-0.4, -0.2) is 41.5 Å². The number of benzene rings is 1. The Morgan fingerprint density at radius 1 is 1.22 bits per heavy atom. The number of hydrogen-bond donors (Lipinski definition) is 2. The van der Waals surface area contributed by atoms with Crippen molar-refractivity contribution in [2.75, 3.05) is 18.4 Å². The van der Waals surface area contributed by atoms with Crippen molar-refractivity contribution in [3.63, 3.8) is 0 Å². The largest absolute Gasteiger partial charge is 0.444 e. The van der Waals surface area contributed by atoms with Gasteiger partial charge in [-0.05, 0) is 32.9 Å². The lowest BCUT2D eigenvalue weighted by molar-refractivity contribution is -0.124. The van der Waals surface area contributed by atoms with Crippen LogP contribution >= 0.6 is 0 Å². The maximum atomic E-state index is 12.2. The molecule has 0 unspecified atom stereocenters. The molecular formula is C16H21N3O4. The fourth-order valence-corrected chi connectivity index (χ4v) is 2.16. The van der Waals surface area contributed by atoms with Gasteiger partial charge in [-0.3, -0.25) is 9.59 Å². The number of likely N-dealkylation sites (tertiary alicyclic amines) is 1. The van der Waals surface area contributed by atoms with Gasteiger partial charge in [-0.25, -0.2) is 4.79 Å². The molecule has 0 bridgehead atoms. The van der Waals surface area contributed by atoms with E-state index >= 15 is 0 Å². The van der Waals surface area contributed by atoms with Crippen LogP contribution in [0.2, 0.25) is 0 Å². The van der Waals surface area contributed by atoms with Gasteiger partial charge in [0.2, 0.25) is 5.91 Å². The summed E-state index contributed by atoms with van der Waals surface area (Å²) in [5, 5.41) is 2.68. The average molecular weight is 319 g/mol. The fraction of sp³-hybridized carbons (Fsp3) is 0.438. The Hall–Kier alpha value is -2.57. The first-order valence-corrected chi connectivity index (χ1v) is 7.35. The van der Waals surface area contributed by atoms with E-state index in [1.165, 1.54) is 4.90 Å². The molecule has 23 heavy (non-hydrogen) atoms. The summed E-state index contributed by atoms with van der Waals surface area (Å²) in [6, 6.07) is 6.53. The van der Waals surface area contributed by atoms with Gasteiger partial charge in [-0.2, -0.15) is 0 Å². The number of nitrogens with one attached hydrogen (secondary N) is 1. The molecule has 1 fully saturated rings. The molecule has 0 aliphatic carbocycles. The molecule has 7 nitrogen and oxygen atoms in total. The van der Waals surface area contributed by atoms with Crippen molar-refractivity contribution in [2.24, 2.45) is 11.7 Å². The van der Waals surface area contributed by atoms with Crippen LogP contribution in [0.15, 0.2) is 24.3 Å². The summed E-state index contributed by atoms with van der Waals surface area (Å²) in [4.78, 5) is 36.8. The predicted molar refractivity (Wildman–Crippen MR) is 84.9 cm³/mol. The molecule has 3 N–H and O–H groups in total. The number of anilines is 1. The van der Waals surface area contributed by atoms with Crippen LogP contribution in [0.25, 0.3) is 0 Å². The van der Waals surface area contributed by atoms with Crippen molar-refractivity contribution in [3.8, 4) is 0 Å². The van der Waals surface area contributed by atoms with E-state index in [-0.39, 0.29) is 17.4 Å². The molecule has 2 rings (SSSR count).